The van der Waals surface area contributed by atoms with Gasteiger partial charge in [-0.15, -0.1) is 12.4 Å². The lowest BCUT2D eigenvalue weighted by Gasteiger charge is -2.38. The Balaban J connectivity index is 0.00000320. The second-order valence-electron chi connectivity index (χ2n) is 10.6. The molecule has 0 aromatic heterocycles. The van der Waals surface area contributed by atoms with Gasteiger partial charge in [0.2, 0.25) is 11.8 Å². The molecule has 3 aliphatic rings. The van der Waals surface area contributed by atoms with Crippen LogP contribution in [0.25, 0.3) is 0 Å². The summed E-state index contributed by atoms with van der Waals surface area (Å²) in [6.45, 7) is 4.32. The van der Waals surface area contributed by atoms with Gasteiger partial charge < -0.3 is 19.9 Å². The van der Waals surface area contributed by atoms with E-state index in [0.29, 0.717) is 12.5 Å². The van der Waals surface area contributed by atoms with Gasteiger partial charge in [-0.1, -0.05) is 40.2 Å². The van der Waals surface area contributed by atoms with E-state index in [4.69, 9.17) is 4.74 Å². The van der Waals surface area contributed by atoms with E-state index in [9.17, 15) is 9.59 Å². The van der Waals surface area contributed by atoms with Gasteiger partial charge in [-0.25, -0.2) is 0 Å². The van der Waals surface area contributed by atoms with Gasteiger partial charge in [0.1, 0.15) is 5.75 Å². The molecule has 2 amide bonds. The van der Waals surface area contributed by atoms with Crippen molar-refractivity contribution in [1.29, 1.82) is 0 Å². The number of hydrogen-bond acceptors (Lipinski definition) is 4. The molecule has 200 valence electrons. The van der Waals surface area contributed by atoms with Crippen molar-refractivity contribution in [1.82, 2.24) is 15.1 Å². The number of hydrogen-bond donors (Lipinski definition) is 1. The number of methoxy groups -OCH3 is 1. The minimum atomic E-state index is -0.193. The van der Waals surface area contributed by atoms with Crippen LogP contribution in [0.15, 0.2) is 53.0 Å². The summed E-state index contributed by atoms with van der Waals surface area (Å²) in [5.41, 5.74) is 2.10. The van der Waals surface area contributed by atoms with Gasteiger partial charge in [0.05, 0.1) is 18.6 Å². The van der Waals surface area contributed by atoms with E-state index < -0.39 is 0 Å². The standard InChI is InChI=1S/C29H36BrN3O3.ClH/c1-36-25-10-6-22(7-11-25)26(31-27(34)23-4-5-23)12-16-32-17-13-29(14-18-32)15-19-33(28(29)35)20-21-2-8-24(30)9-3-21;/h2-3,6-11,23,26H,4-5,12-20H2,1H3,(H,31,34);1H. The summed E-state index contributed by atoms with van der Waals surface area (Å²) in [7, 11) is 1.67. The zero-order valence-electron chi connectivity index (χ0n) is 21.5. The van der Waals surface area contributed by atoms with Crippen LogP contribution in [0.5, 0.6) is 5.75 Å². The summed E-state index contributed by atoms with van der Waals surface area (Å²) in [5, 5.41) is 3.29. The average molecular weight is 591 g/mol. The fourth-order valence-corrected chi connectivity index (χ4v) is 5.89. The van der Waals surface area contributed by atoms with Crippen molar-refractivity contribution < 1.29 is 14.3 Å². The molecule has 1 atom stereocenters. The first-order valence-electron chi connectivity index (χ1n) is 13.2. The molecule has 37 heavy (non-hydrogen) atoms. The fraction of sp³-hybridized carbons (Fsp3) is 0.517. The topological polar surface area (TPSA) is 61.9 Å². The van der Waals surface area contributed by atoms with E-state index >= 15 is 0 Å². The summed E-state index contributed by atoms with van der Waals surface area (Å²) >= 11 is 3.48. The Morgan fingerprint density at radius 2 is 1.70 bits per heavy atom. The van der Waals surface area contributed by atoms with Crippen LogP contribution in [-0.2, 0) is 16.1 Å². The van der Waals surface area contributed by atoms with Gasteiger partial charge in [-0.2, -0.15) is 0 Å². The maximum atomic E-state index is 13.4. The van der Waals surface area contributed by atoms with Crippen LogP contribution in [0.1, 0.15) is 55.7 Å². The molecule has 0 radical (unpaired) electrons. The molecule has 0 bridgehead atoms. The molecule has 1 unspecified atom stereocenters. The zero-order valence-corrected chi connectivity index (χ0v) is 23.9. The predicted octanol–water partition coefficient (Wildman–Crippen LogP) is 5.35. The third-order valence-electron chi connectivity index (χ3n) is 8.22. The Morgan fingerprint density at radius 3 is 2.32 bits per heavy atom. The Labute approximate surface area is 234 Å². The van der Waals surface area contributed by atoms with Crippen molar-refractivity contribution in [2.45, 2.75) is 51.1 Å². The van der Waals surface area contributed by atoms with Crippen molar-refractivity contribution in [3.8, 4) is 5.75 Å². The quantitative estimate of drug-likeness (QED) is 0.428. The van der Waals surface area contributed by atoms with Gasteiger partial charge >= 0.3 is 0 Å². The third-order valence-corrected chi connectivity index (χ3v) is 8.75. The number of benzene rings is 2. The van der Waals surface area contributed by atoms with Crippen LogP contribution in [0.3, 0.4) is 0 Å². The van der Waals surface area contributed by atoms with Crippen LogP contribution < -0.4 is 10.1 Å². The van der Waals surface area contributed by atoms with Crippen LogP contribution in [0, 0.1) is 11.3 Å². The van der Waals surface area contributed by atoms with Crippen LogP contribution in [0.4, 0.5) is 0 Å². The molecule has 2 aromatic rings. The first-order valence-corrected chi connectivity index (χ1v) is 14.0. The maximum Gasteiger partial charge on any atom is 0.229 e. The molecule has 6 nitrogen and oxygen atoms in total. The molecule has 1 spiro atoms. The molecule has 1 N–H and O–H groups in total. The van der Waals surface area contributed by atoms with Gasteiger partial charge in [0.15, 0.2) is 0 Å². The predicted molar refractivity (Wildman–Crippen MR) is 151 cm³/mol. The van der Waals surface area contributed by atoms with E-state index in [1.807, 2.05) is 29.2 Å². The van der Waals surface area contributed by atoms with E-state index in [1.165, 1.54) is 5.56 Å². The summed E-state index contributed by atoms with van der Waals surface area (Å²) in [6, 6.07) is 16.3. The number of amides is 2. The smallest absolute Gasteiger partial charge is 0.229 e. The van der Waals surface area contributed by atoms with Gasteiger partial charge in [-0.3, -0.25) is 9.59 Å². The van der Waals surface area contributed by atoms with Gasteiger partial charge in [0.25, 0.3) is 0 Å². The van der Waals surface area contributed by atoms with E-state index in [0.717, 1.165) is 80.5 Å². The summed E-state index contributed by atoms with van der Waals surface area (Å²) in [6.07, 6.45) is 5.67. The SMILES string of the molecule is COc1ccc(C(CCN2CCC3(CC2)CCN(Cc2ccc(Br)cc2)C3=O)NC(=O)C2CC2)cc1.Cl. The van der Waals surface area contributed by atoms with Crippen molar-refractivity contribution in [2.75, 3.05) is 33.3 Å². The highest BCUT2D eigenvalue weighted by Crippen LogP contribution is 2.42. The number of nitrogens with zero attached hydrogens (tertiary/aromatic N) is 2. The number of nitrogens with one attached hydrogen (secondary N) is 1. The van der Waals surface area contributed by atoms with Crippen molar-refractivity contribution in [3.05, 3.63) is 64.1 Å². The molecule has 2 heterocycles. The number of likely N-dealkylation sites (tertiary alicyclic amines) is 2. The second-order valence-corrected chi connectivity index (χ2v) is 11.5. The first kappa shape index (κ1) is 27.9. The Morgan fingerprint density at radius 1 is 1.05 bits per heavy atom. The lowest BCUT2D eigenvalue weighted by atomic mass is 9.77. The van der Waals surface area contributed by atoms with Crippen LogP contribution >= 0.6 is 28.3 Å². The minimum Gasteiger partial charge on any atom is -0.497 e. The molecular formula is C29H37BrClN3O3. The fourth-order valence-electron chi connectivity index (χ4n) is 5.63. The van der Waals surface area contributed by atoms with Crippen molar-refractivity contribution in [2.24, 2.45) is 11.3 Å². The highest BCUT2D eigenvalue weighted by atomic mass is 79.9. The molecule has 8 heteroatoms. The van der Waals surface area contributed by atoms with Gasteiger partial charge in [-0.05, 0) is 87.0 Å². The van der Waals surface area contributed by atoms with Crippen LogP contribution in [-0.4, -0.2) is 54.9 Å². The number of carbonyl (C=O) groups is 2. The number of halogens is 2. The molecule has 3 fully saturated rings. The molecule has 2 aromatic carbocycles. The largest absolute Gasteiger partial charge is 0.497 e. The normalized spacial score (nSPS) is 19.9. The van der Waals surface area contributed by atoms with Crippen molar-refractivity contribution in [3.63, 3.8) is 0 Å². The Kier molecular flexibility index (Phi) is 9.20. The van der Waals surface area contributed by atoms with Crippen LogP contribution in [0.2, 0.25) is 0 Å². The van der Waals surface area contributed by atoms with E-state index in [1.54, 1.807) is 7.11 Å². The molecule has 1 saturated carbocycles. The second kappa shape index (κ2) is 12.2. The monoisotopic (exact) mass is 589 g/mol. The summed E-state index contributed by atoms with van der Waals surface area (Å²) in [4.78, 5) is 30.5. The van der Waals surface area contributed by atoms with E-state index in [-0.39, 0.29) is 35.7 Å². The van der Waals surface area contributed by atoms with E-state index in [2.05, 4.69) is 50.4 Å². The molecular weight excluding hydrogens is 554 g/mol. The lowest BCUT2D eigenvalue weighted by Crippen LogP contribution is -2.45. The maximum absolute atomic E-state index is 13.4. The van der Waals surface area contributed by atoms with Gasteiger partial charge in [0, 0.05) is 30.0 Å². The summed E-state index contributed by atoms with van der Waals surface area (Å²) < 4.78 is 6.36. The minimum absolute atomic E-state index is 0. The highest BCUT2D eigenvalue weighted by molar-refractivity contribution is 9.10. The third kappa shape index (κ3) is 6.68. The number of ether oxygens (including phenoxy) is 1. The molecule has 2 aliphatic heterocycles. The Hall–Kier alpha value is -2.09. The number of carbonyl (C=O) groups excluding carboxylic acids is 2. The Bertz CT molecular complexity index is 1070. The number of rotatable bonds is 9. The van der Waals surface area contributed by atoms with Crippen molar-refractivity contribution >= 4 is 40.2 Å². The molecule has 5 rings (SSSR count). The number of piperidine rings is 1. The zero-order chi connectivity index (χ0) is 25.1. The molecule has 2 saturated heterocycles. The summed E-state index contributed by atoms with van der Waals surface area (Å²) in [5.74, 6) is 1.52. The molecule has 1 aliphatic carbocycles. The highest BCUT2D eigenvalue weighted by Gasteiger charge is 2.47. The first-order chi connectivity index (χ1) is 17.5. The average Bonchev–Trinajstić information content (AvgIpc) is 3.72. The lowest BCUT2D eigenvalue weighted by molar-refractivity contribution is -0.139.